The van der Waals surface area contributed by atoms with Crippen LogP contribution in [0.25, 0.3) is 0 Å². The van der Waals surface area contributed by atoms with Crippen LogP contribution in [0.2, 0.25) is 0 Å². The molecule has 0 atom stereocenters. The summed E-state index contributed by atoms with van der Waals surface area (Å²) in [5.41, 5.74) is 1.14. The van der Waals surface area contributed by atoms with Crippen molar-refractivity contribution in [3.8, 4) is 11.5 Å². The molecule has 0 amide bonds. The van der Waals surface area contributed by atoms with E-state index in [1.165, 1.54) is 19.4 Å². The summed E-state index contributed by atoms with van der Waals surface area (Å²) in [5, 5.41) is 11.4. The van der Waals surface area contributed by atoms with E-state index in [0.717, 1.165) is 0 Å². The Hall–Kier alpha value is -2.56. The van der Waals surface area contributed by atoms with E-state index in [1.54, 1.807) is 36.4 Å². The van der Waals surface area contributed by atoms with Gasteiger partial charge in [-0.25, -0.2) is 4.39 Å². The number of ether oxygens (including phenoxy) is 2. The van der Waals surface area contributed by atoms with Crippen LogP contribution in [0.1, 0.15) is 11.1 Å². The van der Waals surface area contributed by atoms with E-state index in [-0.39, 0.29) is 12.4 Å². The number of hydrogen-bond acceptors (Lipinski definition) is 4. The third kappa shape index (κ3) is 3.26. The van der Waals surface area contributed by atoms with Crippen molar-refractivity contribution in [2.24, 2.45) is 5.16 Å². The number of methoxy groups -OCH3 is 1. The molecule has 5 heteroatoms. The van der Waals surface area contributed by atoms with Gasteiger partial charge in [0.05, 0.1) is 13.3 Å². The van der Waals surface area contributed by atoms with Crippen molar-refractivity contribution in [3.63, 3.8) is 0 Å². The number of oxime groups is 1. The second-order valence-electron chi connectivity index (χ2n) is 4.03. The first-order chi connectivity index (χ1) is 9.74. The smallest absolute Gasteiger partial charge is 0.161 e. The van der Waals surface area contributed by atoms with Crippen molar-refractivity contribution in [3.05, 3.63) is 59.4 Å². The van der Waals surface area contributed by atoms with Gasteiger partial charge in [-0.2, -0.15) is 0 Å². The van der Waals surface area contributed by atoms with Crippen LogP contribution in [-0.4, -0.2) is 18.5 Å². The molecule has 0 saturated carbocycles. The largest absolute Gasteiger partial charge is 0.493 e. The zero-order chi connectivity index (χ0) is 14.4. The Morgan fingerprint density at radius 1 is 1.20 bits per heavy atom. The van der Waals surface area contributed by atoms with Gasteiger partial charge in [-0.3, -0.25) is 0 Å². The van der Waals surface area contributed by atoms with Crippen LogP contribution in [0, 0.1) is 5.82 Å². The van der Waals surface area contributed by atoms with Gasteiger partial charge < -0.3 is 14.7 Å². The first kappa shape index (κ1) is 13.9. The average Bonchev–Trinajstić information content (AvgIpc) is 2.47. The van der Waals surface area contributed by atoms with Crippen molar-refractivity contribution in [1.29, 1.82) is 0 Å². The van der Waals surface area contributed by atoms with E-state index in [9.17, 15) is 4.39 Å². The molecule has 1 N–H and O–H groups in total. The maximum atomic E-state index is 13.5. The molecule has 0 bridgehead atoms. The molecule has 0 aliphatic carbocycles. The zero-order valence-corrected chi connectivity index (χ0v) is 10.9. The van der Waals surface area contributed by atoms with Crippen molar-refractivity contribution in [1.82, 2.24) is 0 Å². The van der Waals surface area contributed by atoms with Crippen molar-refractivity contribution < 1.29 is 19.1 Å². The Labute approximate surface area is 116 Å². The Bertz CT molecular complexity index is 614. The van der Waals surface area contributed by atoms with Crippen LogP contribution in [0.4, 0.5) is 4.39 Å². The average molecular weight is 275 g/mol. The lowest BCUT2D eigenvalue weighted by Gasteiger charge is -2.11. The summed E-state index contributed by atoms with van der Waals surface area (Å²) in [6, 6.07) is 11.5. The molecule has 0 heterocycles. The molecule has 0 unspecified atom stereocenters. The quantitative estimate of drug-likeness (QED) is 0.518. The fraction of sp³-hybridized carbons (Fsp3) is 0.133. The molecule has 2 aromatic carbocycles. The summed E-state index contributed by atoms with van der Waals surface area (Å²) >= 11 is 0. The summed E-state index contributed by atoms with van der Waals surface area (Å²) in [6.45, 7) is 0.108. The summed E-state index contributed by atoms with van der Waals surface area (Å²) in [6.07, 6.45) is 1.28. The Kier molecular flexibility index (Phi) is 4.55. The number of halogens is 1. The maximum absolute atomic E-state index is 13.5. The Morgan fingerprint density at radius 2 is 2.00 bits per heavy atom. The Morgan fingerprint density at radius 3 is 2.70 bits per heavy atom. The van der Waals surface area contributed by atoms with Crippen LogP contribution < -0.4 is 9.47 Å². The molecule has 0 aromatic heterocycles. The lowest BCUT2D eigenvalue weighted by molar-refractivity contribution is 0.279. The number of hydrogen-bond donors (Lipinski definition) is 1. The molecule has 0 fully saturated rings. The standard InChI is InChI=1S/C15H14FNO3/c1-19-15-8-11(9-17-18)6-7-14(15)20-10-12-4-2-3-5-13(12)16/h2-9,18H,10H2,1H3. The van der Waals surface area contributed by atoms with Gasteiger partial charge in [-0.15, -0.1) is 0 Å². The summed E-state index contributed by atoms with van der Waals surface area (Å²) in [7, 11) is 1.51. The summed E-state index contributed by atoms with van der Waals surface area (Å²) in [4.78, 5) is 0. The van der Waals surface area contributed by atoms with E-state index in [1.807, 2.05) is 0 Å². The van der Waals surface area contributed by atoms with E-state index in [4.69, 9.17) is 14.7 Å². The van der Waals surface area contributed by atoms with Crippen molar-refractivity contribution in [2.45, 2.75) is 6.61 Å². The third-order valence-electron chi connectivity index (χ3n) is 2.74. The number of rotatable bonds is 5. The van der Waals surface area contributed by atoms with Gasteiger partial charge in [0.2, 0.25) is 0 Å². The Balaban J connectivity index is 2.15. The van der Waals surface area contributed by atoms with Crippen molar-refractivity contribution in [2.75, 3.05) is 7.11 Å². The predicted molar refractivity (Wildman–Crippen MR) is 73.1 cm³/mol. The molecular weight excluding hydrogens is 261 g/mol. The minimum Gasteiger partial charge on any atom is -0.493 e. The van der Waals surface area contributed by atoms with E-state index in [2.05, 4.69) is 5.16 Å². The first-order valence-electron chi connectivity index (χ1n) is 5.96. The van der Waals surface area contributed by atoms with Gasteiger partial charge in [0.1, 0.15) is 12.4 Å². The maximum Gasteiger partial charge on any atom is 0.161 e. The first-order valence-corrected chi connectivity index (χ1v) is 5.96. The highest BCUT2D eigenvalue weighted by Gasteiger charge is 2.07. The highest BCUT2D eigenvalue weighted by Crippen LogP contribution is 2.28. The lowest BCUT2D eigenvalue weighted by Crippen LogP contribution is -2.00. The molecule has 0 spiro atoms. The highest BCUT2D eigenvalue weighted by molar-refractivity contribution is 5.80. The molecular formula is C15H14FNO3. The minimum absolute atomic E-state index is 0.108. The molecule has 104 valence electrons. The monoisotopic (exact) mass is 275 g/mol. The van der Waals surface area contributed by atoms with Gasteiger partial charge in [0.15, 0.2) is 11.5 Å². The highest BCUT2D eigenvalue weighted by atomic mass is 19.1. The van der Waals surface area contributed by atoms with E-state index >= 15 is 0 Å². The molecule has 0 radical (unpaired) electrons. The lowest BCUT2D eigenvalue weighted by atomic mass is 10.2. The molecule has 0 saturated heterocycles. The molecule has 20 heavy (non-hydrogen) atoms. The minimum atomic E-state index is -0.310. The van der Waals surface area contributed by atoms with Crippen LogP contribution in [0.15, 0.2) is 47.6 Å². The topological polar surface area (TPSA) is 51.0 Å². The van der Waals surface area contributed by atoms with Crippen LogP contribution >= 0.6 is 0 Å². The fourth-order valence-corrected chi connectivity index (χ4v) is 1.72. The predicted octanol–water partition coefficient (Wildman–Crippen LogP) is 3.22. The van der Waals surface area contributed by atoms with Gasteiger partial charge in [-0.1, -0.05) is 23.4 Å². The third-order valence-corrected chi connectivity index (χ3v) is 2.74. The van der Waals surface area contributed by atoms with E-state index < -0.39 is 0 Å². The molecule has 4 nitrogen and oxygen atoms in total. The molecule has 2 aromatic rings. The number of nitrogens with zero attached hydrogens (tertiary/aromatic N) is 1. The SMILES string of the molecule is COc1cc(C=NO)ccc1OCc1ccccc1F. The van der Waals surface area contributed by atoms with Crippen LogP contribution in [-0.2, 0) is 6.61 Å². The fourth-order valence-electron chi connectivity index (χ4n) is 1.72. The zero-order valence-electron chi connectivity index (χ0n) is 10.9. The van der Waals surface area contributed by atoms with Gasteiger partial charge >= 0.3 is 0 Å². The number of benzene rings is 2. The summed E-state index contributed by atoms with van der Waals surface area (Å²) in [5.74, 6) is 0.667. The second kappa shape index (κ2) is 6.56. The van der Waals surface area contributed by atoms with Crippen molar-refractivity contribution >= 4 is 6.21 Å². The molecule has 2 rings (SSSR count). The van der Waals surface area contributed by atoms with Crippen LogP contribution in [0.3, 0.4) is 0 Å². The second-order valence-corrected chi connectivity index (χ2v) is 4.03. The molecule has 0 aliphatic rings. The normalized spacial score (nSPS) is 10.7. The summed E-state index contributed by atoms with van der Waals surface area (Å²) < 4.78 is 24.2. The van der Waals surface area contributed by atoms with Gasteiger partial charge in [-0.05, 0) is 24.3 Å². The molecule has 0 aliphatic heterocycles. The van der Waals surface area contributed by atoms with Crippen LogP contribution in [0.5, 0.6) is 11.5 Å². The van der Waals surface area contributed by atoms with Gasteiger partial charge in [0.25, 0.3) is 0 Å². The van der Waals surface area contributed by atoms with Gasteiger partial charge in [0, 0.05) is 11.1 Å². The van der Waals surface area contributed by atoms with E-state index in [0.29, 0.717) is 22.6 Å².